The molecule has 0 unspecified atom stereocenters. The molecule has 2 aromatic heterocycles. The van der Waals surface area contributed by atoms with Crippen molar-refractivity contribution >= 4 is 11.5 Å². The number of rotatable bonds is 1. The lowest BCUT2D eigenvalue weighted by Gasteiger charge is -1.99. The molecule has 2 heterocycles. The Labute approximate surface area is 81.0 Å². The highest BCUT2D eigenvalue weighted by molar-refractivity contribution is 5.46. The molecule has 0 spiro atoms. The van der Waals surface area contributed by atoms with E-state index in [4.69, 9.17) is 0 Å². The van der Waals surface area contributed by atoms with Gasteiger partial charge in [-0.2, -0.15) is 9.61 Å². The van der Waals surface area contributed by atoms with Crippen LogP contribution in [-0.4, -0.2) is 26.9 Å². The van der Waals surface area contributed by atoms with Crippen LogP contribution in [0, 0.1) is 0 Å². The maximum atomic E-state index is 11.1. The minimum Gasteiger partial charge on any atom is -0.356 e. The lowest BCUT2D eigenvalue weighted by atomic mass is 10.5. The first-order valence-corrected chi connectivity index (χ1v) is 4.43. The number of hydrogen-bond acceptors (Lipinski definition) is 4. The molecule has 0 aliphatic rings. The molecule has 0 aliphatic heterocycles. The number of hydrogen-bond donors (Lipinski definition) is 2. The van der Waals surface area contributed by atoms with E-state index in [1.807, 2.05) is 13.8 Å². The lowest BCUT2D eigenvalue weighted by molar-refractivity contribution is 0.856. The Balaban J connectivity index is 0.000000461. The first-order chi connectivity index (χ1) is 6.83. The summed E-state index contributed by atoms with van der Waals surface area (Å²) in [6, 6.07) is 1.63. The van der Waals surface area contributed by atoms with Gasteiger partial charge in [0.05, 0.1) is 6.20 Å². The molecule has 0 atom stereocenters. The van der Waals surface area contributed by atoms with Gasteiger partial charge in [0.15, 0.2) is 0 Å². The van der Waals surface area contributed by atoms with Crippen LogP contribution < -0.4 is 10.9 Å². The van der Waals surface area contributed by atoms with Crippen LogP contribution in [0.3, 0.4) is 0 Å². The Hall–Kier alpha value is -1.85. The molecule has 0 saturated heterocycles. The summed E-state index contributed by atoms with van der Waals surface area (Å²) < 4.78 is 1.44. The highest BCUT2D eigenvalue weighted by atomic mass is 16.1. The van der Waals surface area contributed by atoms with Gasteiger partial charge in [0, 0.05) is 7.05 Å². The van der Waals surface area contributed by atoms with E-state index < -0.39 is 0 Å². The monoisotopic (exact) mass is 195 g/mol. The van der Waals surface area contributed by atoms with Crippen molar-refractivity contribution in [2.75, 3.05) is 12.4 Å². The molecule has 0 saturated carbocycles. The molecule has 6 nitrogen and oxygen atoms in total. The summed E-state index contributed by atoms with van der Waals surface area (Å²) in [5.41, 5.74) is 0.237. The molecule has 0 fully saturated rings. The van der Waals surface area contributed by atoms with Gasteiger partial charge in [-0.05, 0) is 6.07 Å². The topological polar surface area (TPSA) is 75.1 Å². The Morgan fingerprint density at radius 2 is 2.21 bits per heavy atom. The zero-order valence-corrected chi connectivity index (χ0v) is 8.40. The molecule has 2 rings (SSSR count). The third-order valence-corrected chi connectivity index (χ3v) is 1.56. The summed E-state index contributed by atoms with van der Waals surface area (Å²) in [5.74, 6) is 0.509. The maximum absolute atomic E-state index is 11.1. The van der Waals surface area contributed by atoms with Crippen molar-refractivity contribution in [3.05, 3.63) is 22.6 Å². The summed E-state index contributed by atoms with van der Waals surface area (Å²) in [6.07, 6.45) is 1.55. The summed E-state index contributed by atoms with van der Waals surface area (Å²) >= 11 is 0. The lowest BCUT2D eigenvalue weighted by Crippen LogP contribution is -2.15. The van der Waals surface area contributed by atoms with Gasteiger partial charge in [0.1, 0.15) is 5.52 Å². The first-order valence-electron chi connectivity index (χ1n) is 4.43. The Bertz CT molecular complexity index is 458. The second kappa shape index (κ2) is 4.40. The van der Waals surface area contributed by atoms with E-state index in [1.54, 1.807) is 19.3 Å². The van der Waals surface area contributed by atoms with Crippen molar-refractivity contribution in [2.45, 2.75) is 13.8 Å². The number of nitrogens with zero attached hydrogens (tertiary/aromatic N) is 3. The SMILES string of the molecule is CC.CNc1n[nH]c(=O)c2ccnn12. The van der Waals surface area contributed by atoms with Gasteiger partial charge in [-0.15, -0.1) is 5.10 Å². The molecule has 0 radical (unpaired) electrons. The standard InChI is InChI=1S/C6H7N5O.C2H6/c1-7-6-10-9-5(12)4-2-3-8-11(4)6;1-2/h2-3H,1H3,(H,7,10)(H,9,12);1-2H3. The van der Waals surface area contributed by atoms with Crippen LogP contribution in [0.1, 0.15) is 13.8 Å². The highest BCUT2D eigenvalue weighted by Gasteiger charge is 2.02. The Morgan fingerprint density at radius 3 is 2.86 bits per heavy atom. The van der Waals surface area contributed by atoms with Gasteiger partial charge in [-0.3, -0.25) is 4.79 Å². The molecular formula is C8H13N5O. The molecule has 2 N–H and O–H groups in total. The molecular weight excluding hydrogens is 182 g/mol. The highest BCUT2D eigenvalue weighted by Crippen LogP contribution is 1.99. The third-order valence-electron chi connectivity index (χ3n) is 1.56. The summed E-state index contributed by atoms with van der Waals surface area (Å²) in [4.78, 5) is 11.1. The van der Waals surface area contributed by atoms with Gasteiger partial charge >= 0.3 is 0 Å². The van der Waals surface area contributed by atoms with E-state index in [-0.39, 0.29) is 5.56 Å². The van der Waals surface area contributed by atoms with Crippen LogP contribution >= 0.6 is 0 Å². The maximum Gasteiger partial charge on any atom is 0.290 e. The Kier molecular flexibility index (Phi) is 3.22. The van der Waals surface area contributed by atoms with Crippen LogP contribution in [0.15, 0.2) is 17.1 Å². The molecule has 14 heavy (non-hydrogen) atoms. The number of nitrogens with one attached hydrogen (secondary N) is 2. The van der Waals surface area contributed by atoms with E-state index in [9.17, 15) is 4.79 Å². The van der Waals surface area contributed by atoms with Gasteiger partial charge in [-0.25, -0.2) is 5.10 Å². The van der Waals surface area contributed by atoms with E-state index in [1.165, 1.54) is 4.52 Å². The largest absolute Gasteiger partial charge is 0.356 e. The minimum absolute atomic E-state index is 0.244. The van der Waals surface area contributed by atoms with Crippen LogP contribution in [0.4, 0.5) is 5.95 Å². The zero-order valence-electron chi connectivity index (χ0n) is 8.40. The molecule has 76 valence electrons. The van der Waals surface area contributed by atoms with Crippen molar-refractivity contribution in [3.8, 4) is 0 Å². The second-order valence-corrected chi connectivity index (χ2v) is 2.25. The van der Waals surface area contributed by atoms with Crippen molar-refractivity contribution in [2.24, 2.45) is 0 Å². The number of anilines is 1. The fraction of sp³-hybridized carbons (Fsp3) is 0.375. The zero-order chi connectivity index (χ0) is 10.6. The van der Waals surface area contributed by atoms with E-state index in [0.29, 0.717) is 11.5 Å². The molecule has 0 aliphatic carbocycles. The smallest absolute Gasteiger partial charge is 0.290 e. The third kappa shape index (κ3) is 1.59. The van der Waals surface area contributed by atoms with Gasteiger partial charge in [0.2, 0.25) is 5.95 Å². The second-order valence-electron chi connectivity index (χ2n) is 2.25. The van der Waals surface area contributed by atoms with Crippen LogP contribution in [-0.2, 0) is 0 Å². The quantitative estimate of drug-likeness (QED) is 0.694. The summed E-state index contributed by atoms with van der Waals surface area (Å²) in [7, 11) is 1.71. The van der Waals surface area contributed by atoms with Crippen molar-refractivity contribution < 1.29 is 0 Å². The van der Waals surface area contributed by atoms with E-state index >= 15 is 0 Å². The summed E-state index contributed by atoms with van der Waals surface area (Å²) in [5, 5.41) is 12.8. The molecule has 0 aromatic carbocycles. The predicted molar refractivity (Wildman–Crippen MR) is 54.5 cm³/mol. The number of H-pyrrole nitrogens is 1. The van der Waals surface area contributed by atoms with Crippen molar-refractivity contribution in [1.29, 1.82) is 0 Å². The predicted octanol–water partition coefficient (Wildman–Crippen LogP) is 0.485. The average molecular weight is 195 g/mol. The van der Waals surface area contributed by atoms with Gasteiger partial charge < -0.3 is 5.32 Å². The van der Waals surface area contributed by atoms with Crippen LogP contribution in [0.25, 0.3) is 5.52 Å². The minimum atomic E-state index is -0.244. The molecule has 6 heteroatoms. The fourth-order valence-electron chi connectivity index (χ4n) is 1.01. The first kappa shape index (κ1) is 10.2. The fourth-order valence-corrected chi connectivity index (χ4v) is 1.01. The van der Waals surface area contributed by atoms with Gasteiger partial charge in [-0.1, -0.05) is 13.8 Å². The average Bonchev–Trinajstić information content (AvgIpc) is 2.71. The molecule has 0 bridgehead atoms. The summed E-state index contributed by atoms with van der Waals surface area (Å²) in [6.45, 7) is 4.00. The van der Waals surface area contributed by atoms with Crippen LogP contribution in [0.2, 0.25) is 0 Å². The normalized spacial score (nSPS) is 9.36. The van der Waals surface area contributed by atoms with Crippen LogP contribution in [0.5, 0.6) is 0 Å². The van der Waals surface area contributed by atoms with Crippen molar-refractivity contribution in [1.82, 2.24) is 19.8 Å². The number of fused-ring (bicyclic) bond motifs is 1. The molecule has 2 aromatic rings. The number of aromatic nitrogens is 4. The van der Waals surface area contributed by atoms with Gasteiger partial charge in [0.25, 0.3) is 5.56 Å². The van der Waals surface area contributed by atoms with E-state index in [0.717, 1.165) is 0 Å². The van der Waals surface area contributed by atoms with Crippen molar-refractivity contribution in [3.63, 3.8) is 0 Å². The molecule has 0 amide bonds. The van der Waals surface area contributed by atoms with E-state index in [2.05, 4.69) is 20.6 Å². The number of aromatic amines is 1. The Morgan fingerprint density at radius 1 is 1.50 bits per heavy atom.